The molecule has 2 aromatic heterocycles. The summed E-state index contributed by atoms with van der Waals surface area (Å²) in [6.45, 7) is -0.749. The van der Waals surface area contributed by atoms with Gasteiger partial charge >= 0.3 is 6.55 Å². The minimum absolute atomic E-state index is 0.300. The molecule has 0 amide bonds. The highest BCUT2D eigenvalue weighted by molar-refractivity contribution is 7.98. The molecule has 0 N–H and O–H groups in total. The van der Waals surface area contributed by atoms with Crippen molar-refractivity contribution in [2.24, 2.45) is 0 Å². The van der Waals surface area contributed by atoms with Crippen molar-refractivity contribution in [1.82, 2.24) is 19.7 Å². The zero-order valence-corrected chi connectivity index (χ0v) is 12.1. The molecular weight excluding hydrogens is 302 g/mol. The van der Waals surface area contributed by atoms with Crippen LogP contribution in [0.4, 0.5) is 8.78 Å². The monoisotopic (exact) mass is 312 g/mol. The number of halogens is 2. The maximum atomic E-state index is 13.2. The normalized spacial score (nSPS) is 11.6. The van der Waals surface area contributed by atoms with Crippen LogP contribution in [0.3, 0.4) is 0 Å². The van der Waals surface area contributed by atoms with Gasteiger partial charge in [-0.15, -0.1) is 21.5 Å². The molecule has 0 fully saturated rings. The van der Waals surface area contributed by atoms with Crippen molar-refractivity contribution >= 4 is 34.1 Å². The first-order valence-electron chi connectivity index (χ1n) is 5.82. The van der Waals surface area contributed by atoms with Crippen molar-refractivity contribution in [2.75, 3.05) is 0 Å². The molecule has 0 aliphatic carbocycles. The number of alkyl halides is 2. The van der Waals surface area contributed by atoms with E-state index in [1.807, 2.05) is 6.92 Å². The summed E-state index contributed by atoms with van der Waals surface area (Å²) < 4.78 is 27.4. The lowest BCUT2D eigenvalue weighted by Crippen LogP contribution is -2.00. The lowest BCUT2D eigenvalue weighted by Gasteiger charge is -2.06. The molecule has 0 radical (unpaired) electrons. The Kier molecular flexibility index (Phi) is 3.66. The first kappa shape index (κ1) is 13.4. The van der Waals surface area contributed by atoms with Gasteiger partial charge in [0.25, 0.3) is 0 Å². The second-order valence-corrected chi connectivity index (χ2v) is 6.24. The molecular formula is C12H10F2N4S2. The maximum Gasteiger partial charge on any atom is 0.321 e. The van der Waals surface area contributed by atoms with Crippen LogP contribution in [0.2, 0.25) is 0 Å². The van der Waals surface area contributed by atoms with E-state index < -0.39 is 6.55 Å². The Bertz CT molecular complexity index is 738. The molecule has 3 rings (SSSR count). The molecule has 0 bridgehead atoms. The average molecular weight is 312 g/mol. The van der Waals surface area contributed by atoms with Crippen LogP contribution in [0.5, 0.6) is 0 Å². The smallest absolute Gasteiger partial charge is 0.261 e. The van der Waals surface area contributed by atoms with E-state index in [9.17, 15) is 8.78 Å². The maximum absolute atomic E-state index is 13.2. The summed E-state index contributed by atoms with van der Waals surface area (Å²) in [5.41, 5.74) is 1.02. The summed E-state index contributed by atoms with van der Waals surface area (Å²) >= 11 is 2.71. The molecule has 3 aromatic rings. The SMILES string of the molecule is Cc1nnc(CSc2nc3ccccc3n2C(F)F)s1. The molecule has 0 atom stereocenters. The van der Waals surface area contributed by atoms with Crippen LogP contribution in [-0.4, -0.2) is 19.7 Å². The fourth-order valence-electron chi connectivity index (χ4n) is 1.83. The van der Waals surface area contributed by atoms with Gasteiger partial charge in [-0.3, -0.25) is 4.57 Å². The number of aryl methyl sites for hydroxylation is 1. The topological polar surface area (TPSA) is 43.6 Å². The highest BCUT2D eigenvalue weighted by Crippen LogP contribution is 2.31. The second kappa shape index (κ2) is 5.45. The number of rotatable bonds is 4. The number of nitrogens with zero attached hydrogens (tertiary/aromatic N) is 4. The highest BCUT2D eigenvalue weighted by atomic mass is 32.2. The Morgan fingerprint density at radius 2 is 2.10 bits per heavy atom. The zero-order valence-electron chi connectivity index (χ0n) is 10.5. The number of benzene rings is 1. The van der Waals surface area contributed by atoms with Crippen LogP contribution in [0.15, 0.2) is 29.4 Å². The summed E-state index contributed by atoms with van der Waals surface area (Å²) in [6, 6.07) is 6.89. The lowest BCUT2D eigenvalue weighted by molar-refractivity contribution is 0.0656. The minimum Gasteiger partial charge on any atom is -0.261 e. The lowest BCUT2D eigenvalue weighted by atomic mass is 10.3. The number of hydrogen-bond donors (Lipinski definition) is 0. The Labute approximate surface area is 121 Å². The number of para-hydroxylation sites is 2. The third kappa shape index (κ3) is 2.53. The third-order valence-electron chi connectivity index (χ3n) is 2.65. The highest BCUT2D eigenvalue weighted by Gasteiger charge is 2.18. The summed E-state index contributed by atoms with van der Waals surface area (Å²) in [6.07, 6.45) is 0. The van der Waals surface area contributed by atoms with Crippen LogP contribution >= 0.6 is 23.1 Å². The number of fused-ring (bicyclic) bond motifs is 1. The Morgan fingerprint density at radius 1 is 1.30 bits per heavy atom. The molecule has 104 valence electrons. The predicted molar refractivity (Wildman–Crippen MR) is 75.2 cm³/mol. The van der Waals surface area contributed by atoms with E-state index in [1.54, 1.807) is 24.3 Å². The van der Waals surface area contributed by atoms with Gasteiger partial charge in [0.15, 0.2) is 5.16 Å². The molecule has 0 saturated heterocycles. The van der Waals surface area contributed by atoms with E-state index in [1.165, 1.54) is 23.1 Å². The van der Waals surface area contributed by atoms with E-state index in [0.717, 1.165) is 14.6 Å². The Hall–Kier alpha value is -1.54. The molecule has 8 heteroatoms. The fraction of sp³-hybridized carbons (Fsp3) is 0.250. The number of imidazole rings is 1. The first-order chi connectivity index (χ1) is 9.65. The van der Waals surface area contributed by atoms with E-state index in [0.29, 0.717) is 21.9 Å². The molecule has 0 unspecified atom stereocenters. The van der Waals surface area contributed by atoms with Crippen molar-refractivity contribution in [2.45, 2.75) is 24.4 Å². The van der Waals surface area contributed by atoms with E-state index in [2.05, 4.69) is 15.2 Å². The van der Waals surface area contributed by atoms with Gasteiger partial charge in [-0.25, -0.2) is 4.98 Å². The molecule has 1 aromatic carbocycles. The third-order valence-corrected chi connectivity index (χ3v) is 4.64. The van der Waals surface area contributed by atoms with Crippen molar-refractivity contribution in [1.29, 1.82) is 0 Å². The summed E-state index contributed by atoms with van der Waals surface area (Å²) in [7, 11) is 0. The minimum atomic E-state index is -2.61. The molecule has 0 spiro atoms. The average Bonchev–Trinajstić information content (AvgIpc) is 2.99. The van der Waals surface area contributed by atoms with Crippen LogP contribution in [0.1, 0.15) is 16.6 Å². The van der Waals surface area contributed by atoms with Crippen molar-refractivity contribution in [3.8, 4) is 0 Å². The van der Waals surface area contributed by atoms with Crippen LogP contribution < -0.4 is 0 Å². The van der Waals surface area contributed by atoms with Gasteiger partial charge in [0.1, 0.15) is 10.0 Å². The quantitative estimate of drug-likeness (QED) is 0.686. The second-order valence-electron chi connectivity index (χ2n) is 4.03. The largest absolute Gasteiger partial charge is 0.321 e. The molecule has 2 heterocycles. The van der Waals surface area contributed by atoms with Crippen LogP contribution in [-0.2, 0) is 5.75 Å². The van der Waals surface area contributed by atoms with E-state index in [4.69, 9.17) is 0 Å². The van der Waals surface area contributed by atoms with Crippen molar-refractivity contribution < 1.29 is 8.78 Å². The van der Waals surface area contributed by atoms with Gasteiger partial charge < -0.3 is 0 Å². The fourth-order valence-corrected chi connectivity index (χ4v) is 3.54. The predicted octanol–water partition coefficient (Wildman–Crippen LogP) is 3.88. The summed E-state index contributed by atoms with van der Waals surface area (Å²) in [4.78, 5) is 4.26. The van der Waals surface area contributed by atoms with E-state index >= 15 is 0 Å². The van der Waals surface area contributed by atoms with Gasteiger partial charge in [0.05, 0.1) is 16.8 Å². The van der Waals surface area contributed by atoms with Gasteiger partial charge in [0, 0.05) is 0 Å². The Morgan fingerprint density at radius 3 is 2.80 bits per heavy atom. The standard InChI is InChI=1S/C12H10F2N4S2/c1-7-16-17-10(20-7)6-19-12-15-8-4-2-3-5-9(8)18(12)11(13)14/h2-5,11H,6H2,1H3. The number of hydrogen-bond acceptors (Lipinski definition) is 5. The van der Waals surface area contributed by atoms with Gasteiger partial charge in [-0.05, 0) is 19.1 Å². The molecule has 0 aliphatic heterocycles. The number of thioether (sulfide) groups is 1. The van der Waals surface area contributed by atoms with Crippen molar-refractivity contribution in [3.63, 3.8) is 0 Å². The van der Waals surface area contributed by atoms with Crippen LogP contribution in [0, 0.1) is 6.92 Å². The van der Waals surface area contributed by atoms with E-state index in [-0.39, 0.29) is 0 Å². The molecule has 0 saturated carbocycles. The first-order valence-corrected chi connectivity index (χ1v) is 7.62. The summed E-state index contributed by atoms with van der Waals surface area (Å²) in [5, 5.41) is 9.86. The van der Waals surface area contributed by atoms with Gasteiger partial charge in [0.2, 0.25) is 0 Å². The molecule has 0 aliphatic rings. The van der Waals surface area contributed by atoms with Gasteiger partial charge in [-0.1, -0.05) is 23.9 Å². The Balaban J connectivity index is 1.92. The van der Waals surface area contributed by atoms with Crippen LogP contribution in [0.25, 0.3) is 11.0 Å². The summed E-state index contributed by atoms with van der Waals surface area (Å²) in [5.74, 6) is 0.488. The number of aromatic nitrogens is 4. The van der Waals surface area contributed by atoms with Gasteiger partial charge in [-0.2, -0.15) is 8.78 Å². The molecule has 20 heavy (non-hydrogen) atoms. The van der Waals surface area contributed by atoms with Crippen molar-refractivity contribution in [3.05, 3.63) is 34.3 Å². The zero-order chi connectivity index (χ0) is 14.1. The molecule has 4 nitrogen and oxygen atoms in total.